The van der Waals surface area contributed by atoms with E-state index in [1.54, 1.807) is 0 Å². The molecule has 0 radical (unpaired) electrons. The van der Waals surface area contributed by atoms with Gasteiger partial charge in [-0.15, -0.1) is 0 Å². The number of fused-ring (bicyclic) bond motifs is 1. The van der Waals surface area contributed by atoms with Gasteiger partial charge in [0.1, 0.15) is 11.6 Å². The molecule has 0 aromatic carbocycles. The van der Waals surface area contributed by atoms with Crippen LogP contribution < -0.4 is 0 Å². The first-order valence-corrected chi connectivity index (χ1v) is 4.29. The fourth-order valence-electron chi connectivity index (χ4n) is 2.32. The molecular weight excluding hydrogens is 140 g/mol. The highest BCUT2D eigenvalue weighted by Crippen LogP contribution is 2.38. The topological polar surface area (TPSA) is 34.1 Å². The highest BCUT2D eigenvalue weighted by Gasteiger charge is 2.36. The van der Waals surface area contributed by atoms with Crippen LogP contribution in [0, 0.1) is 11.8 Å². The third kappa shape index (κ3) is 1.22. The van der Waals surface area contributed by atoms with Crippen molar-refractivity contribution >= 4 is 11.6 Å². The van der Waals surface area contributed by atoms with Crippen molar-refractivity contribution in [3.8, 4) is 0 Å². The molecule has 0 unspecified atom stereocenters. The van der Waals surface area contributed by atoms with Crippen LogP contribution in [0.25, 0.3) is 0 Å². The molecule has 0 bridgehead atoms. The van der Waals surface area contributed by atoms with Crippen LogP contribution in [0.3, 0.4) is 0 Å². The first-order chi connectivity index (χ1) is 5.25. The Bertz CT molecular complexity index is 206. The van der Waals surface area contributed by atoms with Gasteiger partial charge in [0.15, 0.2) is 0 Å². The molecule has 2 aliphatic rings. The summed E-state index contributed by atoms with van der Waals surface area (Å²) in [5, 5.41) is 0. The lowest BCUT2D eigenvalue weighted by Gasteiger charge is -2.22. The zero-order chi connectivity index (χ0) is 7.84. The number of carbonyl (C=O) groups excluding carboxylic acids is 2. The number of Topliss-reactive ketones (excluding diaryl/α,β-unsaturated/α-hetero) is 2. The molecule has 0 aromatic rings. The van der Waals surface area contributed by atoms with Crippen LogP contribution in [0.15, 0.2) is 0 Å². The summed E-state index contributed by atoms with van der Waals surface area (Å²) < 4.78 is 0. The molecule has 0 saturated heterocycles. The van der Waals surface area contributed by atoms with Crippen LogP contribution in [0.1, 0.15) is 32.1 Å². The molecule has 2 rings (SSSR count). The van der Waals surface area contributed by atoms with Crippen molar-refractivity contribution in [2.24, 2.45) is 11.8 Å². The maximum absolute atomic E-state index is 11.0. The maximum atomic E-state index is 11.0. The Hall–Kier alpha value is -0.660. The molecule has 0 amide bonds. The summed E-state index contributed by atoms with van der Waals surface area (Å²) in [4.78, 5) is 22.0. The number of rotatable bonds is 0. The van der Waals surface area contributed by atoms with Gasteiger partial charge in [-0.05, 0) is 18.3 Å². The van der Waals surface area contributed by atoms with Gasteiger partial charge in [-0.3, -0.25) is 9.59 Å². The summed E-state index contributed by atoms with van der Waals surface area (Å²) in [6, 6.07) is 0. The van der Waals surface area contributed by atoms with Gasteiger partial charge in [-0.1, -0.05) is 0 Å². The van der Waals surface area contributed by atoms with Crippen LogP contribution >= 0.6 is 0 Å². The van der Waals surface area contributed by atoms with Crippen molar-refractivity contribution in [1.82, 2.24) is 0 Å². The fourth-order valence-corrected chi connectivity index (χ4v) is 2.32. The first-order valence-electron chi connectivity index (χ1n) is 4.29. The van der Waals surface area contributed by atoms with E-state index in [0.29, 0.717) is 42.7 Å². The Labute approximate surface area is 66.0 Å². The zero-order valence-electron chi connectivity index (χ0n) is 6.51. The number of carbonyl (C=O) groups is 2. The molecule has 2 aliphatic carbocycles. The monoisotopic (exact) mass is 152 g/mol. The van der Waals surface area contributed by atoms with Crippen LogP contribution in [0.4, 0.5) is 0 Å². The molecular formula is C9H12O2. The summed E-state index contributed by atoms with van der Waals surface area (Å²) in [6.07, 6.45) is 3.79. The Balaban J connectivity index is 2.08. The van der Waals surface area contributed by atoms with E-state index in [0.717, 1.165) is 12.8 Å². The lowest BCUT2D eigenvalue weighted by molar-refractivity contribution is -0.122. The van der Waals surface area contributed by atoms with Crippen LogP contribution in [0.2, 0.25) is 0 Å². The molecule has 0 N–H and O–H groups in total. The second-order valence-electron chi connectivity index (χ2n) is 3.75. The standard InChI is InChI=1S/C9H12O2/c10-8-2-1-6-3-9(11)5-7(6)4-8/h6-7H,1-5H2/t6-,7-/m0/s1. The van der Waals surface area contributed by atoms with Crippen LogP contribution in [-0.2, 0) is 9.59 Å². The van der Waals surface area contributed by atoms with Gasteiger partial charge < -0.3 is 0 Å². The molecule has 0 spiro atoms. The van der Waals surface area contributed by atoms with Gasteiger partial charge in [0, 0.05) is 25.7 Å². The minimum atomic E-state index is 0.362. The number of hydrogen-bond donors (Lipinski definition) is 0. The van der Waals surface area contributed by atoms with E-state index in [2.05, 4.69) is 0 Å². The third-order valence-electron chi connectivity index (χ3n) is 2.93. The van der Waals surface area contributed by atoms with Gasteiger partial charge in [-0.25, -0.2) is 0 Å². The summed E-state index contributed by atoms with van der Waals surface area (Å²) in [7, 11) is 0. The molecule has 2 saturated carbocycles. The minimum absolute atomic E-state index is 0.362. The number of ketones is 2. The van der Waals surface area contributed by atoms with E-state index in [4.69, 9.17) is 0 Å². The molecule has 0 aromatic heterocycles. The molecule has 2 fully saturated rings. The minimum Gasteiger partial charge on any atom is -0.300 e. The third-order valence-corrected chi connectivity index (χ3v) is 2.93. The first kappa shape index (κ1) is 7.01. The quantitative estimate of drug-likeness (QED) is 0.524. The molecule has 0 aliphatic heterocycles. The SMILES string of the molecule is O=C1CC[C@H]2CC(=O)C[C@@H]2C1. The summed E-state index contributed by atoms with van der Waals surface area (Å²) in [6.45, 7) is 0. The van der Waals surface area contributed by atoms with Crippen molar-refractivity contribution in [3.05, 3.63) is 0 Å². The van der Waals surface area contributed by atoms with Crippen molar-refractivity contribution in [3.63, 3.8) is 0 Å². The zero-order valence-corrected chi connectivity index (χ0v) is 6.51. The molecule has 2 heteroatoms. The molecule has 0 heterocycles. The maximum Gasteiger partial charge on any atom is 0.133 e. The van der Waals surface area contributed by atoms with Gasteiger partial charge in [0.05, 0.1) is 0 Å². The molecule has 60 valence electrons. The van der Waals surface area contributed by atoms with Gasteiger partial charge >= 0.3 is 0 Å². The number of hydrogen-bond acceptors (Lipinski definition) is 2. The van der Waals surface area contributed by atoms with Gasteiger partial charge in [0.25, 0.3) is 0 Å². The molecule has 2 atom stereocenters. The summed E-state index contributed by atoms with van der Waals surface area (Å²) >= 11 is 0. The summed E-state index contributed by atoms with van der Waals surface area (Å²) in [5.74, 6) is 1.71. The van der Waals surface area contributed by atoms with Crippen molar-refractivity contribution in [2.75, 3.05) is 0 Å². The lowest BCUT2D eigenvalue weighted by Crippen LogP contribution is -2.19. The largest absolute Gasteiger partial charge is 0.300 e. The Kier molecular flexibility index (Phi) is 1.55. The van der Waals surface area contributed by atoms with E-state index >= 15 is 0 Å². The highest BCUT2D eigenvalue weighted by atomic mass is 16.1. The Morgan fingerprint density at radius 3 is 2.36 bits per heavy atom. The second kappa shape index (κ2) is 2.43. The van der Waals surface area contributed by atoms with E-state index in [9.17, 15) is 9.59 Å². The van der Waals surface area contributed by atoms with E-state index in [-0.39, 0.29) is 0 Å². The Morgan fingerprint density at radius 1 is 0.909 bits per heavy atom. The average Bonchev–Trinajstić information content (AvgIpc) is 2.27. The Morgan fingerprint density at radius 2 is 1.55 bits per heavy atom. The van der Waals surface area contributed by atoms with Crippen LogP contribution in [0.5, 0.6) is 0 Å². The van der Waals surface area contributed by atoms with Gasteiger partial charge in [0.2, 0.25) is 0 Å². The van der Waals surface area contributed by atoms with E-state index in [1.807, 2.05) is 0 Å². The lowest BCUT2D eigenvalue weighted by atomic mass is 9.81. The summed E-state index contributed by atoms with van der Waals surface area (Å²) in [5.41, 5.74) is 0. The van der Waals surface area contributed by atoms with Crippen molar-refractivity contribution in [2.45, 2.75) is 32.1 Å². The fraction of sp³-hybridized carbons (Fsp3) is 0.778. The molecule has 2 nitrogen and oxygen atoms in total. The average molecular weight is 152 g/mol. The van der Waals surface area contributed by atoms with Crippen LogP contribution in [-0.4, -0.2) is 11.6 Å². The molecule has 11 heavy (non-hydrogen) atoms. The van der Waals surface area contributed by atoms with Gasteiger partial charge in [-0.2, -0.15) is 0 Å². The predicted molar refractivity (Wildman–Crippen MR) is 40.1 cm³/mol. The normalized spacial score (nSPS) is 37.5. The highest BCUT2D eigenvalue weighted by molar-refractivity contribution is 5.85. The smallest absolute Gasteiger partial charge is 0.133 e. The predicted octanol–water partition coefficient (Wildman–Crippen LogP) is 1.33. The van der Waals surface area contributed by atoms with Crippen molar-refractivity contribution in [1.29, 1.82) is 0 Å². The van der Waals surface area contributed by atoms with Crippen molar-refractivity contribution < 1.29 is 9.59 Å². The van der Waals surface area contributed by atoms with E-state index < -0.39 is 0 Å². The van der Waals surface area contributed by atoms with E-state index in [1.165, 1.54) is 0 Å². The second-order valence-corrected chi connectivity index (χ2v) is 3.75.